The molecule has 1 N–H and O–H groups in total. The number of ether oxygens (including phenoxy) is 1. The first-order valence-electron chi connectivity index (χ1n) is 6.66. The summed E-state index contributed by atoms with van der Waals surface area (Å²) in [5.41, 5.74) is 2.04. The lowest BCUT2D eigenvalue weighted by Crippen LogP contribution is -2.23. The van der Waals surface area contributed by atoms with Gasteiger partial charge in [0, 0.05) is 33.7 Å². The molecule has 0 saturated heterocycles. The molecule has 6 heteroatoms. The Hall–Kier alpha value is -1.17. The minimum absolute atomic E-state index is 0.129. The van der Waals surface area contributed by atoms with E-state index in [0.717, 1.165) is 28.7 Å². The summed E-state index contributed by atoms with van der Waals surface area (Å²) < 4.78 is 6.11. The van der Waals surface area contributed by atoms with Crippen molar-refractivity contribution in [1.82, 2.24) is 15.3 Å². The van der Waals surface area contributed by atoms with E-state index in [0.29, 0.717) is 10.9 Å². The van der Waals surface area contributed by atoms with Crippen molar-refractivity contribution in [3.8, 4) is 5.88 Å². The molecule has 2 aromatic rings. The molecule has 0 aliphatic heterocycles. The zero-order chi connectivity index (χ0) is 15.2. The first-order valence-corrected chi connectivity index (χ1v) is 7.83. The first-order chi connectivity index (χ1) is 10.1. The zero-order valence-corrected chi connectivity index (χ0v) is 14.3. The van der Waals surface area contributed by atoms with Crippen molar-refractivity contribution in [2.75, 3.05) is 13.7 Å². The van der Waals surface area contributed by atoms with Gasteiger partial charge >= 0.3 is 0 Å². The third kappa shape index (κ3) is 4.66. The van der Waals surface area contributed by atoms with Crippen LogP contribution < -0.4 is 10.1 Å². The zero-order valence-electron chi connectivity index (χ0n) is 11.9. The highest BCUT2D eigenvalue weighted by molar-refractivity contribution is 9.10. The topological polar surface area (TPSA) is 47.0 Å². The van der Waals surface area contributed by atoms with Crippen LogP contribution in [-0.4, -0.2) is 23.6 Å². The van der Waals surface area contributed by atoms with Crippen molar-refractivity contribution in [2.45, 2.75) is 19.4 Å². The number of rotatable bonds is 6. The Labute approximate surface area is 138 Å². The third-order valence-electron chi connectivity index (χ3n) is 3.06. The third-order valence-corrected chi connectivity index (χ3v) is 3.73. The van der Waals surface area contributed by atoms with Gasteiger partial charge in [0.25, 0.3) is 0 Å². The molecule has 0 aliphatic carbocycles. The molecule has 0 spiro atoms. The number of hydrogen-bond acceptors (Lipinski definition) is 4. The second kappa shape index (κ2) is 7.73. The van der Waals surface area contributed by atoms with Crippen molar-refractivity contribution >= 4 is 27.5 Å². The number of aromatic nitrogens is 2. The van der Waals surface area contributed by atoms with E-state index in [-0.39, 0.29) is 6.04 Å². The maximum Gasteiger partial charge on any atom is 0.216 e. The fraction of sp³-hybridized carbons (Fsp3) is 0.333. The molecule has 21 heavy (non-hydrogen) atoms. The van der Waals surface area contributed by atoms with E-state index in [9.17, 15) is 0 Å². The van der Waals surface area contributed by atoms with Gasteiger partial charge in [-0.15, -0.1) is 0 Å². The average molecular weight is 371 g/mol. The number of likely N-dealkylation sites (N-methyl/N-ethyl adjacent to an activating group) is 1. The predicted molar refractivity (Wildman–Crippen MR) is 87.9 cm³/mol. The largest absolute Gasteiger partial charge is 0.481 e. The number of nitrogens with zero attached hydrogens (tertiary/aromatic N) is 2. The molecule has 0 bridgehead atoms. The Balaban J connectivity index is 2.25. The van der Waals surface area contributed by atoms with Gasteiger partial charge in [-0.1, -0.05) is 34.5 Å². The lowest BCUT2D eigenvalue weighted by Gasteiger charge is -2.19. The van der Waals surface area contributed by atoms with Gasteiger partial charge < -0.3 is 10.1 Å². The van der Waals surface area contributed by atoms with Gasteiger partial charge in [0.15, 0.2) is 0 Å². The summed E-state index contributed by atoms with van der Waals surface area (Å²) >= 11 is 9.62. The minimum atomic E-state index is 0.129. The first kappa shape index (κ1) is 16.2. The number of halogens is 2. The van der Waals surface area contributed by atoms with Crippen molar-refractivity contribution < 1.29 is 4.74 Å². The number of methoxy groups -OCH3 is 1. The van der Waals surface area contributed by atoms with Gasteiger partial charge in [0.2, 0.25) is 5.88 Å². The van der Waals surface area contributed by atoms with E-state index in [2.05, 4.69) is 44.2 Å². The van der Waals surface area contributed by atoms with E-state index in [1.807, 2.05) is 18.2 Å². The quantitative estimate of drug-likeness (QED) is 0.840. The predicted octanol–water partition coefficient (Wildman–Crippen LogP) is 3.79. The van der Waals surface area contributed by atoms with E-state index in [4.69, 9.17) is 16.3 Å². The van der Waals surface area contributed by atoms with Crippen molar-refractivity contribution in [2.24, 2.45) is 0 Å². The molecule has 1 unspecified atom stereocenters. The Kier molecular flexibility index (Phi) is 5.96. The highest BCUT2D eigenvalue weighted by Gasteiger charge is 2.14. The van der Waals surface area contributed by atoms with Gasteiger partial charge in [0.1, 0.15) is 6.33 Å². The minimum Gasteiger partial charge on any atom is -0.481 e. The monoisotopic (exact) mass is 369 g/mol. The van der Waals surface area contributed by atoms with Gasteiger partial charge in [-0.3, -0.25) is 0 Å². The molecule has 2 rings (SSSR count). The molecule has 1 aromatic carbocycles. The fourth-order valence-electron chi connectivity index (χ4n) is 2.14. The molecular formula is C15H17BrClN3O. The van der Waals surface area contributed by atoms with Crippen LogP contribution in [0.1, 0.15) is 24.2 Å². The number of hydrogen-bond donors (Lipinski definition) is 1. The summed E-state index contributed by atoms with van der Waals surface area (Å²) in [6, 6.07) is 7.89. The lowest BCUT2D eigenvalue weighted by molar-refractivity contribution is 0.395. The molecule has 1 aromatic heterocycles. The summed E-state index contributed by atoms with van der Waals surface area (Å²) in [6.45, 7) is 2.93. The van der Waals surface area contributed by atoms with Crippen LogP contribution in [0.5, 0.6) is 5.88 Å². The van der Waals surface area contributed by atoms with Crippen molar-refractivity contribution in [1.29, 1.82) is 0 Å². The Morgan fingerprint density at radius 1 is 1.29 bits per heavy atom. The van der Waals surface area contributed by atoms with Gasteiger partial charge in [-0.05, 0) is 30.3 Å². The van der Waals surface area contributed by atoms with Gasteiger partial charge in [-0.2, -0.15) is 0 Å². The summed E-state index contributed by atoms with van der Waals surface area (Å²) in [6.07, 6.45) is 2.25. The molecule has 0 fully saturated rings. The van der Waals surface area contributed by atoms with Crippen LogP contribution in [0.4, 0.5) is 0 Å². The maximum atomic E-state index is 6.14. The molecule has 4 nitrogen and oxygen atoms in total. The molecule has 112 valence electrons. The molecule has 0 saturated carbocycles. The molecule has 0 aliphatic rings. The molecule has 1 heterocycles. The van der Waals surface area contributed by atoms with Gasteiger partial charge in [-0.25, -0.2) is 9.97 Å². The van der Waals surface area contributed by atoms with Crippen LogP contribution in [-0.2, 0) is 6.42 Å². The van der Waals surface area contributed by atoms with Crippen LogP contribution in [0.15, 0.2) is 35.1 Å². The Bertz CT molecular complexity index is 589. The van der Waals surface area contributed by atoms with E-state index < -0.39 is 0 Å². The highest BCUT2D eigenvalue weighted by Crippen LogP contribution is 2.26. The Morgan fingerprint density at radius 2 is 2.10 bits per heavy atom. The average Bonchev–Trinajstić information content (AvgIpc) is 2.46. The van der Waals surface area contributed by atoms with E-state index in [1.54, 1.807) is 7.11 Å². The van der Waals surface area contributed by atoms with E-state index in [1.165, 1.54) is 6.33 Å². The lowest BCUT2D eigenvalue weighted by atomic mass is 10.0. The highest BCUT2D eigenvalue weighted by atomic mass is 79.9. The number of nitrogens with one attached hydrogen (secondary N) is 1. The normalized spacial score (nSPS) is 12.2. The van der Waals surface area contributed by atoms with Crippen LogP contribution in [0.25, 0.3) is 0 Å². The summed E-state index contributed by atoms with van der Waals surface area (Å²) in [7, 11) is 1.60. The molecular weight excluding hydrogens is 354 g/mol. The van der Waals surface area contributed by atoms with Crippen LogP contribution >= 0.6 is 27.5 Å². The fourth-order valence-corrected chi connectivity index (χ4v) is 3.03. The SMILES string of the molecule is CCNC(Cc1cc(OC)ncn1)c1cc(Cl)cc(Br)c1. The summed E-state index contributed by atoms with van der Waals surface area (Å²) in [4.78, 5) is 8.33. The Morgan fingerprint density at radius 3 is 2.76 bits per heavy atom. The standard InChI is InChI=1S/C15H17BrClN3O/c1-3-18-14(10-4-11(16)6-12(17)5-10)7-13-8-15(21-2)20-9-19-13/h4-6,8-9,14,18H,3,7H2,1-2H3. The van der Waals surface area contributed by atoms with Crippen molar-refractivity contribution in [3.05, 3.63) is 51.3 Å². The van der Waals surface area contributed by atoms with Crippen LogP contribution in [0, 0.1) is 0 Å². The van der Waals surface area contributed by atoms with E-state index >= 15 is 0 Å². The van der Waals surface area contributed by atoms with Gasteiger partial charge in [0.05, 0.1) is 7.11 Å². The molecule has 0 radical (unpaired) electrons. The molecule has 1 atom stereocenters. The van der Waals surface area contributed by atoms with Crippen LogP contribution in [0.2, 0.25) is 5.02 Å². The molecule has 0 amide bonds. The van der Waals surface area contributed by atoms with Crippen LogP contribution in [0.3, 0.4) is 0 Å². The summed E-state index contributed by atoms with van der Waals surface area (Å²) in [5, 5.41) is 4.17. The maximum absolute atomic E-state index is 6.14. The summed E-state index contributed by atoms with van der Waals surface area (Å²) in [5.74, 6) is 0.572. The second-order valence-corrected chi connectivity index (χ2v) is 5.92. The smallest absolute Gasteiger partial charge is 0.216 e. The van der Waals surface area contributed by atoms with Crippen molar-refractivity contribution in [3.63, 3.8) is 0 Å². The second-order valence-electron chi connectivity index (χ2n) is 4.57. The number of benzene rings is 1.